The van der Waals surface area contributed by atoms with E-state index in [0.717, 1.165) is 9.86 Å². The molecule has 236 valence electrons. The standard InChI is InChI=1S/C34H28BrCl2N3O6/c1-4-44-26-13-11-20(15-29(26)45-5-2)34(42)46-27-12-10-19(14-28(27)43-3)18-38-40-33(41)32-30(22-8-6-7-9-24(22)36)23-16-21(35)17-25(37)31(23)39-32/h6-18,39H,4-5H2,1-3H3,(H,40,41). The number of aromatic nitrogens is 1. The number of amides is 1. The summed E-state index contributed by atoms with van der Waals surface area (Å²) in [6, 6.07) is 20.5. The van der Waals surface area contributed by atoms with E-state index < -0.39 is 11.9 Å². The lowest BCUT2D eigenvalue weighted by molar-refractivity contribution is 0.0728. The molecule has 9 nitrogen and oxygen atoms in total. The van der Waals surface area contributed by atoms with Crippen LogP contribution in [0.25, 0.3) is 22.0 Å². The normalized spacial score (nSPS) is 11.1. The summed E-state index contributed by atoms with van der Waals surface area (Å²) in [7, 11) is 1.45. The Labute approximate surface area is 283 Å². The topological polar surface area (TPSA) is 111 Å². The average Bonchev–Trinajstić information content (AvgIpc) is 3.42. The Bertz CT molecular complexity index is 1960. The van der Waals surface area contributed by atoms with E-state index in [2.05, 4.69) is 31.4 Å². The third-order valence-electron chi connectivity index (χ3n) is 6.74. The van der Waals surface area contributed by atoms with Crippen LogP contribution in [-0.2, 0) is 0 Å². The van der Waals surface area contributed by atoms with Crippen molar-refractivity contribution in [3.8, 4) is 34.1 Å². The molecule has 4 aromatic carbocycles. The van der Waals surface area contributed by atoms with Gasteiger partial charge in [0.25, 0.3) is 5.91 Å². The van der Waals surface area contributed by atoms with Crippen LogP contribution in [0.2, 0.25) is 10.0 Å². The second-order valence-corrected chi connectivity index (χ2v) is 11.4. The van der Waals surface area contributed by atoms with Gasteiger partial charge in [-0.1, -0.05) is 57.3 Å². The fraction of sp³-hybridized carbons (Fsp3) is 0.147. The molecule has 0 atom stereocenters. The van der Waals surface area contributed by atoms with Gasteiger partial charge in [0.2, 0.25) is 0 Å². The third kappa shape index (κ3) is 7.14. The highest BCUT2D eigenvalue weighted by Crippen LogP contribution is 2.40. The maximum atomic E-state index is 13.4. The van der Waals surface area contributed by atoms with Gasteiger partial charge in [-0.15, -0.1) is 0 Å². The first-order valence-electron chi connectivity index (χ1n) is 14.1. The molecule has 46 heavy (non-hydrogen) atoms. The number of carbonyl (C=O) groups is 2. The number of methoxy groups -OCH3 is 1. The van der Waals surface area contributed by atoms with Crippen LogP contribution >= 0.6 is 39.1 Å². The molecule has 0 aliphatic rings. The van der Waals surface area contributed by atoms with Crippen molar-refractivity contribution in [1.82, 2.24) is 10.4 Å². The molecule has 0 aliphatic heterocycles. The summed E-state index contributed by atoms with van der Waals surface area (Å²) in [5.41, 5.74) is 5.49. The first-order chi connectivity index (χ1) is 22.2. The lowest BCUT2D eigenvalue weighted by Gasteiger charge is -2.13. The number of rotatable bonds is 11. The molecule has 0 spiro atoms. The molecule has 2 N–H and O–H groups in total. The van der Waals surface area contributed by atoms with E-state index in [9.17, 15) is 9.59 Å². The average molecular weight is 725 g/mol. The lowest BCUT2D eigenvalue weighted by Crippen LogP contribution is -2.19. The van der Waals surface area contributed by atoms with Crippen molar-refractivity contribution >= 4 is 68.1 Å². The number of ether oxygens (including phenoxy) is 4. The summed E-state index contributed by atoms with van der Waals surface area (Å²) in [5, 5.41) is 5.77. The first kappa shape index (κ1) is 32.9. The van der Waals surface area contributed by atoms with Crippen LogP contribution < -0.4 is 24.4 Å². The zero-order valence-electron chi connectivity index (χ0n) is 25.0. The van der Waals surface area contributed by atoms with Crippen LogP contribution in [0.3, 0.4) is 0 Å². The molecule has 0 saturated heterocycles. The predicted octanol–water partition coefficient (Wildman–Crippen LogP) is 8.69. The molecule has 0 unspecified atom stereocenters. The molecular formula is C34H28BrCl2N3O6. The molecule has 5 aromatic rings. The zero-order valence-corrected chi connectivity index (χ0v) is 28.0. The number of H-pyrrole nitrogens is 1. The van der Waals surface area contributed by atoms with Crippen molar-refractivity contribution in [3.05, 3.63) is 104 Å². The Morgan fingerprint density at radius 2 is 1.63 bits per heavy atom. The van der Waals surface area contributed by atoms with Gasteiger partial charge in [-0.05, 0) is 74.0 Å². The Morgan fingerprint density at radius 3 is 2.37 bits per heavy atom. The number of nitrogens with zero attached hydrogens (tertiary/aromatic N) is 1. The molecule has 0 fully saturated rings. The highest BCUT2D eigenvalue weighted by Gasteiger charge is 2.22. The summed E-state index contributed by atoms with van der Waals surface area (Å²) in [5.74, 6) is 0.365. The zero-order chi connectivity index (χ0) is 32.8. The summed E-state index contributed by atoms with van der Waals surface area (Å²) in [6.07, 6.45) is 1.44. The number of benzene rings is 4. The van der Waals surface area contributed by atoms with E-state index >= 15 is 0 Å². The van der Waals surface area contributed by atoms with Crippen molar-refractivity contribution in [2.75, 3.05) is 20.3 Å². The molecule has 1 heterocycles. The van der Waals surface area contributed by atoms with E-state index in [1.54, 1.807) is 48.5 Å². The maximum Gasteiger partial charge on any atom is 0.343 e. The molecule has 0 aliphatic carbocycles. The third-order valence-corrected chi connectivity index (χ3v) is 7.83. The number of esters is 1. The van der Waals surface area contributed by atoms with E-state index in [-0.39, 0.29) is 22.8 Å². The van der Waals surface area contributed by atoms with Gasteiger partial charge in [-0.25, -0.2) is 10.2 Å². The van der Waals surface area contributed by atoms with Crippen molar-refractivity contribution < 1.29 is 28.5 Å². The van der Waals surface area contributed by atoms with Crippen LogP contribution in [0.1, 0.15) is 40.3 Å². The van der Waals surface area contributed by atoms with Gasteiger partial charge in [-0.2, -0.15) is 5.10 Å². The summed E-state index contributed by atoms with van der Waals surface area (Å²) in [4.78, 5) is 29.5. The van der Waals surface area contributed by atoms with Gasteiger partial charge in [0.05, 0.1) is 42.6 Å². The Kier molecular flexibility index (Phi) is 10.5. The number of hydrazone groups is 1. The van der Waals surface area contributed by atoms with Gasteiger partial charge in [0, 0.05) is 26.0 Å². The van der Waals surface area contributed by atoms with Crippen LogP contribution in [0.15, 0.2) is 82.4 Å². The van der Waals surface area contributed by atoms with E-state index in [4.69, 9.17) is 42.1 Å². The van der Waals surface area contributed by atoms with Crippen LogP contribution in [0.5, 0.6) is 23.0 Å². The molecule has 12 heteroatoms. The van der Waals surface area contributed by atoms with Gasteiger partial charge in [-0.3, -0.25) is 4.79 Å². The lowest BCUT2D eigenvalue weighted by atomic mass is 10.0. The molecule has 1 aromatic heterocycles. The monoisotopic (exact) mass is 723 g/mol. The maximum absolute atomic E-state index is 13.4. The number of carbonyl (C=O) groups excluding carboxylic acids is 2. The molecular weight excluding hydrogens is 697 g/mol. The largest absolute Gasteiger partial charge is 0.493 e. The van der Waals surface area contributed by atoms with Crippen molar-refractivity contribution in [2.45, 2.75) is 13.8 Å². The number of halogens is 3. The number of aromatic amines is 1. The van der Waals surface area contributed by atoms with Crippen molar-refractivity contribution in [1.29, 1.82) is 0 Å². The molecule has 0 bridgehead atoms. The van der Waals surface area contributed by atoms with Gasteiger partial charge in [0.1, 0.15) is 5.69 Å². The smallest absolute Gasteiger partial charge is 0.343 e. The van der Waals surface area contributed by atoms with Gasteiger partial charge >= 0.3 is 5.97 Å². The Hall–Kier alpha value is -4.51. The van der Waals surface area contributed by atoms with E-state index in [0.29, 0.717) is 57.0 Å². The quantitative estimate of drug-likeness (QED) is 0.0610. The number of nitrogens with one attached hydrogen (secondary N) is 2. The highest BCUT2D eigenvalue weighted by atomic mass is 79.9. The SMILES string of the molecule is CCOc1ccc(C(=O)Oc2ccc(C=NNC(=O)c3[nH]c4c(Cl)cc(Br)cc4c3-c3ccccc3Cl)cc2OC)cc1OCC. The summed E-state index contributed by atoms with van der Waals surface area (Å²) < 4.78 is 23.0. The second kappa shape index (κ2) is 14.7. The molecule has 5 rings (SSSR count). The van der Waals surface area contributed by atoms with E-state index in [1.807, 2.05) is 38.1 Å². The fourth-order valence-electron chi connectivity index (χ4n) is 4.74. The fourth-order valence-corrected chi connectivity index (χ4v) is 5.83. The highest BCUT2D eigenvalue weighted by molar-refractivity contribution is 9.10. The van der Waals surface area contributed by atoms with Crippen molar-refractivity contribution in [2.24, 2.45) is 5.10 Å². The number of hydrogen-bond donors (Lipinski definition) is 2. The van der Waals surface area contributed by atoms with E-state index in [1.165, 1.54) is 13.3 Å². The van der Waals surface area contributed by atoms with Crippen LogP contribution in [0, 0.1) is 0 Å². The van der Waals surface area contributed by atoms with Crippen LogP contribution in [-0.4, -0.2) is 43.4 Å². The second-order valence-electron chi connectivity index (χ2n) is 9.69. The van der Waals surface area contributed by atoms with Crippen molar-refractivity contribution in [3.63, 3.8) is 0 Å². The summed E-state index contributed by atoms with van der Waals surface area (Å²) >= 11 is 16.5. The molecule has 0 radical (unpaired) electrons. The minimum absolute atomic E-state index is 0.200. The Balaban J connectivity index is 1.35. The van der Waals surface area contributed by atoms with Gasteiger partial charge in [0.15, 0.2) is 23.0 Å². The number of hydrogen-bond acceptors (Lipinski definition) is 7. The number of fused-ring (bicyclic) bond motifs is 1. The minimum atomic E-state index is -0.601. The summed E-state index contributed by atoms with van der Waals surface area (Å²) in [6.45, 7) is 4.58. The Morgan fingerprint density at radius 1 is 0.891 bits per heavy atom. The first-order valence-corrected chi connectivity index (χ1v) is 15.7. The van der Waals surface area contributed by atoms with Gasteiger partial charge < -0.3 is 23.9 Å². The minimum Gasteiger partial charge on any atom is -0.493 e. The molecule has 1 amide bonds. The predicted molar refractivity (Wildman–Crippen MR) is 183 cm³/mol. The van der Waals surface area contributed by atoms with Crippen LogP contribution in [0.4, 0.5) is 0 Å². The molecule has 0 saturated carbocycles.